The van der Waals surface area contributed by atoms with E-state index in [2.05, 4.69) is 38.1 Å². The molecular formula is C23H22N4OS2. The van der Waals surface area contributed by atoms with Gasteiger partial charge in [0, 0.05) is 27.4 Å². The Kier molecular flexibility index (Phi) is 5.92. The van der Waals surface area contributed by atoms with Gasteiger partial charge in [-0.15, -0.1) is 11.3 Å². The number of aromatic nitrogens is 2. The first-order valence-corrected chi connectivity index (χ1v) is 11.3. The van der Waals surface area contributed by atoms with Gasteiger partial charge in [0.2, 0.25) is 5.95 Å². The van der Waals surface area contributed by atoms with E-state index in [1.807, 2.05) is 62.5 Å². The van der Waals surface area contributed by atoms with Crippen molar-refractivity contribution in [2.45, 2.75) is 26.8 Å². The lowest BCUT2D eigenvalue weighted by atomic mass is 10.0. The summed E-state index contributed by atoms with van der Waals surface area (Å²) in [7, 11) is 0. The monoisotopic (exact) mass is 434 g/mol. The maximum atomic E-state index is 12.8. The second-order valence-corrected chi connectivity index (χ2v) is 9.11. The molecule has 4 rings (SSSR count). The zero-order valence-corrected chi connectivity index (χ0v) is 18.6. The highest BCUT2D eigenvalue weighted by molar-refractivity contribution is 7.16. The highest BCUT2D eigenvalue weighted by atomic mass is 32.1. The van der Waals surface area contributed by atoms with Crippen LogP contribution < -0.4 is 10.6 Å². The maximum absolute atomic E-state index is 12.8. The van der Waals surface area contributed by atoms with Crippen LogP contribution in [0.2, 0.25) is 0 Å². The number of amides is 1. The van der Waals surface area contributed by atoms with Crippen molar-refractivity contribution in [1.82, 2.24) is 9.97 Å². The molecule has 0 saturated heterocycles. The van der Waals surface area contributed by atoms with Crippen LogP contribution in [0.5, 0.6) is 0 Å². The molecule has 0 aliphatic rings. The number of nitrogens with one attached hydrogen (secondary N) is 2. The van der Waals surface area contributed by atoms with Crippen molar-refractivity contribution in [3.8, 4) is 0 Å². The van der Waals surface area contributed by atoms with E-state index in [9.17, 15) is 4.79 Å². The number of aryl methyl sites for hydroxylation is 3. The number of rotatable bonds is 6. The average Bonchev–Trinajstić information content (AvgIpc) is 3.36. The van der Waals surface area contributed by atoms with Crippen molar-refractivity contribution in [3.63, 3.8) is 0 Å². The molecule has 1 amide bonds. The molecule has 1 atom stereocenters. The second-order valence-electron chi connectivity index (χ2n) is 7.07. The van der Waals surface area contributed by atoms with E-state index in [0.717, 1.165) is 32.4 Å². The molecule has 30 heavy (non-hydrogen) atoms. The lowest BCUT2D eigenvalue weighted by Crippen LogP contribution is -2.17. The minimum absolute atomic E-state index is 0.120. The molecule has 0 radical (unpaired) electrons. The Morgan fingerprint density at radius 2 is 1.73 bits per heavy atom. The fourth-order valence-electron chi connectivity index (χ4n) is 3.31. The van der Waals surface area contributed by atoms with Crippen LogP contribution in [0.4, 0.5) is 10.9 Å². The van der Waals surface area contributed by atoms with Crippen LogP contribution in [0.25, 0.3) is 0 Å². The van der Waals surface area contributed by atoms with E-state index in [1.54, 1.807) is 22.7 Å². The quantitative estimate of drug-likeness (QED) is 0.392. The van der Waals surface area contributed by atoms with E-state index >= 15 is 0 Å². The topological polar surface area (TPSA) is 66.9 Å². The van der Waals surface area contributed by atoms with Gasteiger partial charge in [0.1, 0.15) is 5.00 Å². The summed E-state index contributed by atoms with van der Waals surface area (Å²) in [6.07, 6.45) is 0. The number of nitrogens with zero attached hydrogens (tertiary/aromatic N) is 2. The van der Waals surface area contributed by atoms with Gasteiger partial charge in [-0.3, -0.25) is 4.79 Å². The smallest absolute Gasteiger partial charge is 0.256 e. The fourth-order valence-corrected chi connectivity index (χ4v) is 4.94. The summed E-state index contributed by atoms with van der Waals surface area (Å²) in [5.74, 6) is 0.457. The molecule has 0 aliphatic heterocycles. The Bertz CT molecular complexity index is 1130. The molecule has 0 spiro atoms. The lowest BCUT2D eigenvalue weighted by molar-refractivity contribution is 0.102. The normalized spacial score (nSPS) is 11.8. The predicted molar refractivity (Wildman–Crippen MR) is 125 cm³/mol. The number of benzene rings is 1. The average molecular weight is 435 g/mol. The SMILES string of the molecule is Cc1cc(C)nc(NC(c2ccsc2)c2cc(C)sc2NC(=O)c2ccccc2)n1. The highest BCUT2D eigenvalue weighted by Crippen LogP contribution is 2.38. The molecule has 7 heteroatoms. The highest BCUT2D eigenvalue weighted by Gasteiger charge is 2.23. The summed E-state index contributed by atoms with van der Waals surface area (Å²) in [5.41, 5.74) is 4.56. The second kappa shape index (κ2) is 8.77. The molecule has 0 saturated carbocycles. The van der Waals surface area contributed by atoms with E-state index < -0.39 is 0 Å². The lowest BCUT2D eigenvalue weighted by Gasteiger charge is -2.19. The van der Waals surface area contributed by atoms with Crippen molar-refractivity contribution >= 4 is 39.5 Å². The van der Waals surface area contributed by atoms with Crippen molar-refractivity contribution < 1.29 is 4.79 Å². The van der Waals surface area contributed by atoms with E-state index in [1.165, 1.54) is 0 Å². The third-order valence-corrected chi connectivity index (χ3v) is 6.27. The first kappa shape index (κ1) is 20.3. The Hall–Kier alpha value is -3.03. The molecule has 5 nitrogen and oxygen atoms in total. The van der Waals surface area contributed by atoms with Crippen molar-refractivity contribution in [2.75, 3.05) is 10.6 Å². The van der Waals surface area contributed by atoms with Gasteiger partial charge in [-0.05, 0) is 67.4 Å². The summed E-state index contributed by atoms with van der Waals surface area (Å²) >= 11 is 3.21. The Morgan fingerprint density at radius 3 is 2.40 bits per heavy atom. The molecule has 2 N–H and O–H groups in total. The molecular weight excluding hydrogens is 412 g/mol. The Balaban J connectivity index is 1.70. The third kappa shape index (κ3) is 4.58. The predicted octanol–water partition coefficient (Wildman–Crippen LogP) is 5.98. The first-order valence-electron chi connectivity index (χ1n) is 9.57. The van der Waals surface area contributed by atoms with Crippen LogP contribution in [0.3, 0.4) is 0 Å². The van der Waals surface area contributed by atoms with Crippen LogP contribution >= 0.6 is 22.7 Å². The largest absolute Gasteiger partial charge is 0.343 e. The minimum atomic E-state index is -0.173. The summed E-state index contributed by atoms with van der Waals surface area (Å²) in [4.78, 5) is 23.0. The molecule has 0 bridgehead atoms. The number of carbonyl (C=O) groups is 1. The van der Waals surface area contributed by atoms with Gasteiger partial charge in [-0.25, -0.2) is 9.97 Å². The summed E-state index contributed by atoms with van der Waals surface area (Å²) in [6, 6.07) is 15.2. The zero-order chi connectivity index (χ0) is 21.1. The van der Waals surface area contributed by atoms with Gasteiger partial charge in [0.05, 0.1) is 6.04 Å². The van der Waals surface area contributed by atoms with Gasteiger partial charge in [0.15, 0.2) is 0 Å². The summed E-state index contributed by atoms with van der Waals surface area (Å²) in [6.45, 7) is 5.96. The molecule has 4 aromatic rings. The number of hydrogen-bond donors (Lipinski definition) is 2. The number of thiophene rings is 2. The van der Waals surface area contributed by atoms with Crippen LogP contribution in [-0.4, -0.2) is 15.9 Å². The molecule has 1 unspecified atom stereocenters. The van der Waals surface area contributed by atoms with Crippen LogP contribution in [-0.2, 0) is 0 Å². The molecule has 0 fully saturated rings. The summed E-state index contributed by atoms with van der Waals surface area (Å²) in [5, 5.41) is 11.6. The fraction of sp³-hybridized carbons (Fsp3) is 0.174. The standard InChI is InChI=1S/C23H22N4OS2/c1-14-11-15(2)25-23(24-14)26-20(18-9-10-29-13-18)19-12-16(3)30-22(19)27-21(28)17-7-5-4-6-8-17/h4-13,20H,1-3H3,(H,27,28)(H,24,25,26). The van der Waals surface area contributed by atoms with Gasteiger partial charge in [0.25, 0.3) is 5.91 Å². The number of hydrogen-bond acceptors (Lipinski definition) is 6. The zero-order valence-electron chi connectivity index (χ0n) is 17.0. The molecule has 152 valence electrons. The van der Waals surface area contributed by atoms with Crippen LogP contribution in [0.15, 0.2) is 59.3 Å². The Labute approximate surface area is 183 Å². The van der Waals surface area contributed by atoms with Crippen LogP contribution in [0, 0.1) is 20.8 Å². The molecule has 3 aromatic heterocycles. The number of carbonyl (C=O) groups excluding carboxylic acids is 1. The van der Waals surface area contributed by atoms with Gasteiger partial charge in [-0.2, -0.15) is 11.3 Å². The van der Waals surface area contributed by atoms with Crippen molar-refractivity contribution in [2.24, 2.45) is 0 Å². The first-order chi connectivity index (χ1) is 14.5. The number of anilines is 2. The maximum Gasteiger partial charge on any atom is 0.256 e. The minimum Gasteiger partial charge on any atom is -0.343 e. The summed E-state index contributed by atoms with van der Waals surface area (Å²) < 4.78 is 0. The van der Waals surface area contributed by atoms with Gasteiger partial charge < -0.3 is 10.6 Å². The van der Waals surface area contributed by atoms with Crippen LogP contribution in [0.1, 0.15) is 43.8 Å². The van der Waals surface area contributed by atoms with E-state index in [-0.39, 0.29) is 11.9 Å². The molecule has 0 aliphatic carbocycles. The molecule has 3 heterocycles. The third-order valence-electron chi connectivity index (χ3n) is 4.59. The van der Waals surface area contributed by atoms with Crippen molar-refractivity contribution in [3.05, 3.63) is 92.2 Å². The molecule has 1 aromatic carbocycles. The van der Waals surface area contributed by atoms with Gasteiger partial charge in [-0.1, -0.05) is 18.2 Å². The van der Waals surface area contributed by atoms with E-state index in [0.29, 0.717) is 11.5 Å². The van der Waals surface area contributed by atoms with Crippen molar-refractivity contribution in [1.29, 1.82) is 0 Å². The van der Waals surface area contributed by atoms with Gasteiger partial charge >= 0.3 is 0 Å². The Morgan fingerprint density at radius 1 is 1.00 bits per heavy atom. The van der Waals surface area contributed by atoms with E-state index in [4.69, 9.17) is 0 Å².